The van der Waals surface area contributed by atoms with Crippen LogP contribution < -0.4 is 4.72 Å². The van der Waals surface area contributed by atoms with Gasteiger partial charge in [0.05, 0.1) is 12.0 Å². The Bertz CT molecular complexity index is 1570. The molecule has 0 aliphatic heterocycles. The number of methoxy groups -OCH3 is 1. The third-order valence-corrected chi connectivity index (χ3v) is 7.55. The molecule has 1 heterocycles. The van der Waals surface area contributed by atoms with Crippen molar-refractivity contribution < 1.29 is 22.7 Å². The van der Waals surface area contributed by atoms with Gasteiger partial charge in [-0.15, -0.1) is 0 Å². The quantitative estimate of drug-likeness (QED) is 0.290. The highest BCUT2D eigenvalue weighted by atomic mass is 35.5. The van der Waals surface area contributed by atoms with E-state index in [9.17, 15) is 18.0 Å². The number of amides is 1. The Morgan fingerprint density at radius 1 is 0.974 bits per heavy atom. The molecule has 0 atom stereocenters. The highest BCUT2D eigenvalue weighted by Crippen LogP contribution is 2.28. The van der Waals surface area contributed by atoms with Crippen LogP contribution in [0.5, 0.6) is 0 Å². The molecule has 0 aliphatic rings. The average Bonchev–Trinajstić information content (AvgIpc) is 3.23. The van der Waals surface area contributed by atoms with Crippen LogP contribution in [0.2, 0.25) is 5.15 Å². The van der Waals surface area contributed by atoms with Gasteiger partial charge in [-0.2, -0.15) is 0 Å². The fraction of sp³-hybridized carbons (Fsp3) is 0.179. The first kappa shape index (κ1) is 27.1. The molecule has 0 saturated heterocycles. The van der Waals surface area contributed by atoms with Gasteiger partial charge in [0, 0.05) is 24.1 Å². The molecule has 0 radical (unpaired) electrons. The van der Waals surface area contributed by atoms with Crippen LogP contribution >= 0.6 is 11.6 Å². The van der Waals surface area contributed by atoms with Crippen LogP contribution in [-0.2, 0) is 27.7 Å². The van der Waals surface area contributed by atoms with Gasteiger partial charge in [0.1, 0.15) is 5.82 Å². The molecule has 1 N–H and O–H groups in total. The number of carbonyl (C=O) groups is 2. The van der Waals surface area contributed by atoms with Gasteiger partial charge < -0.3 is 9.30 Å². The smallest absolute Gasteiger partial charge is 0.357 e. The van der Waals surface area contributed by atoms with Gasteiger partial charge in [0.15, 0.2) is 10.8 Å². The van der Waals surface area contributed by atoms with E-state index in [0.717, 1.165) is 12.0 Å². The topological polar surface area (TPSA) is 107 Å². The largest absolute Gasteiger partial charge is 0.464 e. The van der Waals surface area contributed by atoms with Crippen LogP contribution in [0, 0.1) is 0 Å². The zero-order chi connectivity index (χ0) is 27.3. The van der Waals surface area contributed by atoms with E-state index < -0.39 is 21.9 Å². The lowest BCUT2D eigenvalue weighted by molar-refractivity contribution is 0.0588. The van der Waals surface area contributed by atoms with Gasteiger partial charge in [-0.05, 0) is 35.7 Å². The standard InChI is InChI=1S/C28H26ClN3O5S/c1-3-9-24-30-26(29)25(28(34)37-2)32(24)18-19-14-16-20(17-15-19)22-12-7-8-13-23(22)38(35,36)31-27(33)21-10-5-4-6-11-21/h4-8,10-17H,3,9,18H2,1-2H3,(H,31,33). The molecule has 38 heavy (non-hydrogen) atoms. The maximum absolute atomic E-state index is 13.2. The molecule has 10 heteroatoms. The van der Waals surface area contributed by atoms with Gasteiger partial charge in [-0.25, -0.2) is 22.9 Å². The van der Waals surface area contributed by atoms with Gasteiger partial charge >= 0.3 is 5.97 Å². The van der Waals surface area contributed by atoms with Crippen molar-refractivity contribution in [1.82, 2.24) is 14.3 Å². The second kappa shape index (κ2) is 11.6. The minimum Gasteiger partial charge on any atom is -0.464 e. The molecule has 0 bridgehead atoms. The summed E-state index contributed by atoms with van der Waals surface area (Å²) in [5.74, 6) is -0.607. The Morgan fingerprint density at radius 3 is 2.29 bits per heavy atom. The van der Waals surface area contributed by atoms with Crippen molar-refractivity contribution in [2.45, 2.75) is 31.2 Å². The maximum Gasteiger partial charge on any atom is 0.357 e. The Hall–Kier alpha value is -3.95. The molecular formula is C28H26ClN3O5S. The summed E-state index contributed by atoms with van der Waals surface area (Å²) in [7, 11) is -2.86. The molecule has 1 aromatic heterocycles. The second-order valence-electron chi connectivity index (χ2n) is 8.49. The number of esters is 1. The molecule has 0 unspecified atom stereocenters. The van der Waals surface area contributed by atoms with E-state index in [0.29, 0.717) is 29.9 Å². The van der Waals surface area contributed by atoms with E-state index in [1.165, 1.54) is 13.2 Å². The number of sulfonamides is 1. The number of rotatable bonds is 9. The summed E-state index contributed by atoms with van der Waals surface area (Å²) in [6.45, 7) is 2.33. The zero-order valence-electron chi connectivity index (χ0n) is 20.8. The number of nitrogens with zero attached hydrogens (tertiary/aromatic N) is 2. The summed E-state index contributed by atoms with van der Waals surface area (Å²) >= 11 is 6.25. The molecular weight excluding hydrogens is 526 g/mol. The van der Waals surface area contributed by atoms with Crippen molar-refractivity contribution in [3.8, 4) is 11.1 Å². The van der Waals surface area contributed by atoms with E-state index >= 15 is 0 Å². The molecule has 8 nitrogen and oxygen atoms in total. The molecule has 196 valence electrons. The fourth-order valence-corrected chi connectivity index (χ4v) is 5.56. The SMILES string of the molecule is CCCc1nc(Cl)c(C(=O)OC)n1Cc1ccc(-c2ccccc2S(=O)(=O)NC(=O)c2ccccc2)cc1. The van der Waals surface area contributed by atoms with Crippen molar-refractivity contribution in [1.29, 1.82) is 0 Å². The molecule has 0 aliphatic carbocycles. The van der Waals surface area contributed by atoms with E-state index in [4.69, 9.17) is 16.3 Å². The van der Waals surface area contributed by atoms with Crippen molar-refractivity contribution in [2.75, 3.05) is 7.11 Å². The van der Waals surface area contributed by atoms with Gasteiger partial charge in [0.2, 0.25) is 0 Å². The van der Waals surface area contributed by atoms with Crippen LogP contribution in [0.15, 0.2) is 83.8 Å². The van der Waals surface area contributed by atoms with E-state index in [1.807, 2.05) is 19.1 Å². The molecule has 0 fully saturated rings. The van der Waals surface area contributed by atoms with Gasteiger partial charge in [-0.1, -0.05) is 79.2 Å². The summed E-state index contributed by atoms with van der Waals surface area (Å²) < 4.78 is 35.1. The number of carbonyl (C=O) groups excluding carboxylic acids is 2. The monoisotopic (exact) mass is 551 g/mol. The number of aromatic nitrogens is 2. The molecule has 3 aromatic carbocycles. The van der Waals surface area contributed by atoms with E-state index in [2.05, 4.69) is 9.71 Å². The molecule has 0 spiro atoms. The Kier molecular flexibility index (Phi) is 8.29. The lowest BCUT2D eigenvalue weighted by atomic mass is 10.0. The normalized spacial score (nSPS) is 11.2. The Balaban J connectivity index is 1.63. The summed E-state index contributed by atoms with van der Waals surface area (Å²) in [6, 6.07) is 21.9. The van der Waals surface area contributed by atoms with Crippen molar-refractivity contribution in [3.05, 3.63) is 107 Å². The van der Waals surface area contributed by atoms with Gasteiger partial charge in [0.25, 0.3) is 15.9 Å². The van der Waals surface area contributed by atoms with Crippen LogP contribution in [0.3, 0.4) is 0 Å². The summed E-state index contributed by atoms with van der Waals surface area (Å²) in [5, 5.41) is 0.0913. The Morgan fingerprint density at radius 2 is 1.63 bits per heavy atom. The van der Waals surface area contributed by atoms with Crippen LogP contribution in [0.25, 0.3) is 11.1 Å². The second-order valence-corrected chi connectivity index (χ2v) is 10.5. The zero-order valence-corrected chi connectivity index (χ0v) is 22.4. The first-order valence-corrected chi connectivity index (χ1v) is 13.7. The van der Waals surface area contributed by atoms with E-state index in [1.54, 1.807) is 65.2 Å². The molecule has 1 amide bonds. The van der Waals surface area contributed by atoms with Crippen LogP contribution in [0.1, 0.15) is 45.6 Å². The predicted molar refractivity (Wildman–Crippen MR) is 145 cm³/mol. The lowest BCUT2D eigenvalue weighted by Crippen LogP contribution is -2.30. The minimum atomic E-state index is -4.15. The summed E-state index contributed by atoms with van der Waals surface area (Å²) in [6.07, 6.45) is 1.45. The third-order valence-electron chi connectivity index (χ3n) is 5.90. The molecule has 0 saturated carbocycles. The number of aryl methyl sites for hydroxylation is 1. The minimum absolute atomic E-state index is 0.0170. The summed E-state index contributed by atoms with van der Waals surface area (Å²) in [4.78, 5) is 29.2. The Labute approximate surface area is 226 Å². The highest BCUT2D eigenvalue weighted by Gasteiger charge is 2.24. The number of halogens is 1. The third kappa shape index (κ3) is 5.79. The molecule has 4 rings (SSSR count). The van der Waals surface area contributed by atoms with Crippen LogP contribution in [0.4, 0.5) is 0 Å². The number of hydrogen-bond donors (Lipinski definition) is 1. The number of hydrogen-bond acceptors (Lipinski definition) is 6. The van der Waals surface area contributed by atoms with Crippen molar-refractivity contribution >= 4 is 33.5 Å². The van der Waals surface area contributed by atoms with E-state index in [-0.39, 0.29) is 21.3 Å². The van der Waals surface area contributed by atoms with Crippen molar-refractivity contribution in [2.24, 2.45) is 0 Å². The lowest BCUT2D eigenvalue weighted by Gasteiger charge is -2.14. The molecule has 4 aromatic rings. The van der Waals surface area contributed by atoms with Crippen molar-refractivity contribution in [3.63, 3.8) is 0 Å². The number of nitrogens with one attached hydrogen (secondary N) is 1. The van der Waals surface area contributed by atoms with Crippen LogP contribution in [-0.4, -0.2) is 37.0 Å². The first-order valence-electron chi connectivity index (χ1n) is 11.9. The fourth-order valence-electron chi connectivity index (χ4n) is 4.08. The maximum atomic E-state index is 13.2. The predicted octanol–water partition coefficient (Wildman–Crippen LogP) is 5.11. The number of imidazole rings is 1. The summed E-state index contributed by atoms with van der Waals surface area (Å²) in [5.41, 5.74) is 2.37. The highest BCUT2D eigenvalue weighted by molar-refractivity contribution is 7.90. The number of ether oxygens (including phenoxy) is 1. The number of benzene rings is 3. The van der Waals surface area contributed by atoms with Gasteiger partial charge in [-0.3, -0.25) is 4.79 Å². The first-order chi connectivity index (χ1) is 18.2. The average molecular weight is 552 g/mol.